The van der Waals surface area contributed by atoms with Gasteiger partial charge in [-0.3, -0.25) is 4.79 Å². The fourth-order valence-electron chi connectivity index (χ4n) is 3.42. The van der Waals surface area contributed by atoms with E-state index < -0.39 is 0 Å². The predicted molar refractivity (Wildman–Crippen MR) is 105 cm³/mol. The topological polar surface area (TPSA) is 76.4 Å². The van der Waals surface area contributed by atoms with Crippen molar-refractivity contribution in [1.82, 2.24) is 5.32 Å². The number of hydrogen-bond donors (Lipinski definition) is 2. The van der Waals surface area contributed by atoms with Crippen LogP contribution >= 0.6 is 0 Å². The van der Waals surface area contributed by atoms with E-state index >= 15 is 0 Å². The minimum absolute atomic E-state index is 0.106. The molecule has 1 aromatic rings. The molecule has 0 saturated heterocycles. The van der Waals surface area contributed by atoms with Gasteiger partial charge in [-0.25, -0.2) is 0 Å². The van der Waals surface area contributed by atoms with Crippen molar-refractivity contribution in [2.24, 2.45) is 0 Å². The van der Waals surface area contributed by atoms with Crippen molar-refractivity contribution in [3.05, 3.63) is 34.9 Å². The first kappa shape index (κ1) is 20.0. The highest BCUT2D eigenvalue weighted by molar-refractivity contribution is 6.02. The second-order valence-electron chi connectivity index (χ2n) is 6.82. The van der Waals surface area contributed by atoms with Crippen molar-refractivity contribution in [3.8, 4) is 6.07 Å². The summed E-state index contributed by atoms with van der Waals surface area (Å²) in [7, 11) is 0. The molecule has 2 N–H and O–H groups in total. The Labute approximate surface area is 156 Å². The Hall–Kier alpha value is -2.32. The highest BCUT2D eigenvalue weighted by Crippen LogP contribution is 2.22. The number of aliphatic hydroxyl groups excluding tert-OH is 1. The van der Waals surface area contributed by atoms with Crippen molar-refractivity contribution in [2.75, 3.05) is 24.6 Å². The first-order chi connectivity index (χ1) is 12.6. The molecule has 5 nitrogen and oxygen atoms in total. The van der Waals surface area contributed by atoms with Gasteiger partial charge < -0.3 is 15.3 Å². The van der Waals surface area contributed by atoms with Gasteiger partial charge in [0.05, 0.1) is 6.61 Å². The van der Waals surface area contributed by atoms with E-state index in [1.165, 1.54) is 6.42 Å². The first-order valence-corrected chi connectivity index (χ1v) is 9.48. The number of carbonyl (C=O) groups is 1. The summed E-state index contributed by atoms with van der Waals surface area (Å²) in [6, 6.07) is 8.15. The summed E-state index contributed by atoms with van der Waals surface area (Å²) < 4.78 is 0. The zero-order chi connectivity index (χ0) is 18.9. The van der Waals surface area contributed by atoms with E-state index in [9.17, 15) is 10.1 Å². The SMILES string of the molecule is CCN(CCO)c1ccc(/C=C(\C#N)C(=O)NC2CCCCC2)c(C)c1. The van der Waals surface area contributed by atoms with Crippen LogP contribution in [0.3, 0.4) is 0 Å². The molecule has 1 aromatic carbocycles. The van der Waals surface area contributed by atoms with E-state index in [0.717, 1.165) is 49.0 Å². The summed E-state index contributed by atoms with van der Waals surface area (Å²) in [4.78, 5) is 14.5. The molecular formula is C21H29N3O2. The average Bonchev–Trinajstić information content (AvgIpc) is 2.65. The minimum atomic E-state index is -0.279. The van der Waals surface area contributed by atoms with Crippen LogP contribution in [-0.2, 0) is 4.79 Å². The fraction of sp³-hybridized carbons (Fsp3) is 0.524. The van der Waals surface area contributed by atoms with Crippen LogP contribution in [0.2, 0.25) is 0 Å². The molecule has 140 valence electrons. The molecule has 5 heteroatoms. The van der Waals surface area contributed by atoms with Crippen LogP contribution in [0.25, 0.3) is 6.08 Å². The summed E-state index contributed by atoms with van der Waals surface area (Å²) in [5.74, 6) is -0.279. The zero-order valence-electron chi connectivity index (χ0n) is 15.8. The lowest BCUT2D eigenvalue weighted by Gasteiger charge is -2.23. The molecule has 1 fully saturated rings. The Morgan fingerprint density at radius 2 is 2.12 bits per heavy atom. The van der Waals surface area contributed by atoms with Crippen molar-refractivity contribution < 1.29 is 9.90 Å². The van der Waals surface area contributed by atoms with Crippen molar-refractivity contribution in [1.29, 1.82) is 5.26 Å². The molecule has 0 aromatic heterocycles. The molecule has 0 aliphatic heterocycles. The van der Waals surface area contributed by atoms with E-state index in [4.69, 9.17) is 5.11 Å². The molecule has 1 amide bonds. The number of nitrogens with one attached hydrogen (secondary N) is 1. The molecule has 1 aliphatic carbocycles. The Kier molecular flexibility index (Phi) is 7.68. The van der Waals surface area contributed by atoms with Gasteiger partial charge in [0, 0.05) is 24.8 Å². The molecule has 0 radical (unpaired) electrons. The van der Waals surface area contributed by atoms with Gasteiger partial charge in [-0.05, 0) is 56.0 Å². The summed E-state index contributed by atoms with van der Waals surface area (Å²) >= 11 is 0. The second kappa shape index (κ2) is 9.98. The molecular weight excluding hydrogens is 326 g/mol. The molecule has 1 aliphatic rings. The third-order valence-electron chi connectivity index (χ3n) is 4.98. The lowest BCUT2D eigenvalue weighted by atomic mass is 9.95. The third-order valence-corrected chi connectivity index (χ3v) is 4.98. The molecule has 0 heterocycles. The number of amides is 1. The average molecular weight is 355 g/mol. The van der Waals surface area contributed by atoms with Crippen molar-refractivity contribution in [3.63, 3.8) is 0 Å². The van der Waals surface area contributed by atoms with E-state index in [2.05, 4.69) is 10.2 Å². The van der Waals surface area contributed by atoms with Crippen LogP contribution in [0.5, 0.6) is 0 Å². The van der Waals surface area contributed by atoms with Gasteiger partial charge in [0.25, 0.3) is 5.91 Å². The van der Waals surface area contributed by atoms with Gasteiger partial charge in [0.1, 0.15) is 11.6 Å². The molecule has 0 atom stereocenters. The van der Waals surface area contributed by atoms with Crippen LogP contribution in [0.15, 0.2) is 23.8 Å². The van der Waals surface area contributed by atoms with Gasteiger partial charge in [0.15, 0.2) is 0 Å². The lowest BCUT2D eigenvalue weighted by Crippen LogP contribution is -2.36. The Bertz CT molecular complexity index is 685. The molecule has 1 saturated carbocycles. The highest BCUT2D eigenvalue weighted by atomic mass is 16.3. The van der Waals surface area contributed by atoms with Crippen LogP contribution in [0.1, 0.15) is 50.2 Å². The number of nitrogens with zero attached hydrogens (tertiary/aromatic N) is 2. The number of rotatable bonds is 7. The monoisotopic (exact) mass is 355 g/mol. The van der Waals surface area contributed by atoms with E-state index in [1.54, 1.807) is 6.08 Å². The predicted octanol–water partition coefficient (Wildman–Crippen LogP) is 3.17. The maximum absolute atomic E-state index is 12.4. The first-order valence-electron chi connectivity index (χ1n) is 9.48. The van der Waals surface area contributed by atoms with Gasteiger partial charge in [0.2, 0.25) is 0 Å². The van der Waals surface area contributed by atoms with Crippen LogP contribution in [0, 0.1) is 18.3 Å². The molecule has 0 bridgehead atoms. The number of benzene rings is 1. The largest absolute Gasteiger partial charge is 0.395 e. The Balaban J connectivity index is 2.14. The Morgan fingerprint density at radius 3 is 2.69 bits per heavy atom. The van der Waals surface area contributed by atoms with Gasteiger partial charge in [-0.2, -0.15) is 5.26 Å². The lowest BCUT2D eigenvalue weighted by molar-refractivity contribution is -0.117. The van der Waals surface area contributed by atoms with E-state index in [0.29, 0.717) is 6.54 Å². The van der Waals surface area contributed by atoms with Crippen molar-refractivity contribution >= 4 is 17.7 Å². The van der Waals surface area contributed by atoms with Gasteiger partial charge in [-0.15, -0.1) is 0 Å². The number of carbonyl (C=O) groups excluding carboxylic acids is 1. The fourth-order valence-corrected chi connectivity index (χ4v) is 3.42. The van der Waals surface area contributed by atoms with Crippen LogP contribution in [0.4, 0.5) is 5.69 Å². The summed E-state index contributed by atoms with van der Waals surface area (Å²) in [5, 5.41) is 21.6. The molecule has 2 rings (SSSR count). The maximum Gasteiger partial charge on any atom is 0.262 e. The quantitative estimate of drug-likeness (QED) is 0.582. The number of nitriles is 1. The second-order valence-corrected chi connectivity index (χ2v) is 6.82. The van der Waals surface area contributed by atoms with Gasteiger partial charge >= 0.3 is 0 Å². The smallest absolute Gasteiger partial charge is 0.262 e. The number of hydrogen-bond acceptors (Lipinski definition) is 4. The number of aryl methyl sites for hydroxylation is 1. The summed E-state index contributed by atoms with van der Waals surface area (Å²) in [6.07, 6.45) is 7.16. The standard InChI is InChI=1S/C21H29N3O2/c1-3-24(11-12-25)20-10-9-17(16(2)13-20)14-18(15-22)21(26)23-19-7-5-4-6-8-19/h9-10,13-14,19,25H,3-8,11-12H2,1-2H3,(H,23,26)/b18-14+. The zero-order valence-corrected chi connectivity index (χ0v) is 15.8. The molecule has 0 unspecified atom stereocenters. The van der Waals surface area contributed by atoms with Crippen molar-refractivity contribution in [2.45, 2.75) is 52.0 Å². The number of aliphatic hydroxyl groups is 1. The van der Waals surface area contributed by atoms with Gasteiger partial charge in [-0.1, -0.05) is 25.3 Å². The third kappa shape index (κ3) is 5.34. The maximum atomic E-state index is 12.4. The number of likely N-dealkylation sites (N-methyl/N-ethyl adjacent to an activating group) is 1. The highest BCUT2D eigenvalue weighted by Gasteiger charge is 2.18. The summed E-state index contributed by atoms with van der Waals surface area (Å²) in [6.45, 7) is 5.51. The molecule has 26 heavy (non-hydrogen) atoms. The molecule has 0 spiro atoms. The normalized spacial score (nSPS) is 15.4. The van der Waals surface area contributed by atoms with E-state index in [1.807, 2.05) is 38.1 Å². The number of anilines is 1. The summed E-state index contributed by atoms with van der Waals surface area (Å²) in [5.41, 5.74) is 3.04. The van der Waals surface area contributed by atoms with Crippen LogP contribution < -0.4 is 10.2 Å². The van der Waals surface area contributed by atoms with Crippen LogP contribution in [-0.4, -0.2) is 36.8 Å². The van der Waals surface area contributed by atoms with E-state index in [-0.39, 0.29) is 24.1 Å². The Morgan fingerprint density at radius 1 is 1.38 bits per heavy atom. The minimum Gasteiger partial charge on any atom is -0.395 e.